The van der Waals surface area contributed by atoms with Crippen molar-refractivity contribution in [1.82, 2.24) is 14.7 Å². The highest BCUT2D eigenvalue weighted by molar-refractivity contribution is 5.97. The summed E-state index contributed by atoms with van der Waals surface area (Å²) in [6.45, 7) is 11.3. The second-order valence-corrected chi connectivity index (χ2v) is 8.09. The maximum absolute atomic E-state index is 13.5. The number of aromatic nitrogens is 2. The molecule has 1 aliphatic heterocycles. The molecule has 1 aliphatic rings. The zero-order valence-corrected chi connectivity index (χ0v) is 18.1. The minimum atomic E-state index is -0.248. The number of rotatable bonds is 5. The van der Waals surface area contributed by atoms with Gasteiger partial charge in [-0.2, -0.15) is 5.10 Å². The molecule has 2 heterocycles. The SMILES string of the molecule is CCOC(=O)[C@H]1CCCN(C(=O)c2c(C)nn(-c3cccc(C)c3)c2C(C)C)C1. The summed E-state index contributed by atoms with van der Waals surface area (Å²) in [5, 5.41) is 4.72. The Balaban J connectivity index is 1.95. The third kappa shape index (κ3) is 4.36. The molecule has 1 aromatic carbocycles. The van der Waals surface area contributed by atoms with Crippen LogP contribution in [0.5, 0.6) is 0 Å². The Morgan fingerprint density at radius 1 is 1.28 bits per heavy atom. The zero-order valence-electron chi connectivity index (χ0n) is 18.1. The Morgan fingerprint density at radius 2 is 2.03 bits per heavy atom. The van der Waals surface area contributed by atoms with Gasteiger partial charge in [0.2, 0.25) is 0 Å². The van der Waals surface area contributed by atoms with Crippen molar-refractivity contribution < 1.29 is 14.3 Å². The van der Waals surface area contributed by atoms with Crippen molar-refractivity contribution in [3.63, 3.8) is 0 Å². The monoisotopic (exact) mass is 397 g/mol. The van der Waals surface area contributed by atoms with E-state index in [9.17, 15) is 9.59 Å². The second kappa shape index (κ2) is 8.80. The van der Waals surface area contributed by atoms with E-state index in [1.54, 1.807) is 4.90 Å². The van der Waals surface area contributed by atoms with Gasteiger partial charge in [-0.3, -0.25) is 9.59 Å². The fourth-order valence-electron chi connectivity index (χ4n) is 4.07. The van der Waals surface area contributed by atoms with Crippen molar-refractivity contribution in [2.75, 3.05) is 19.7 Å². The molecular weight excluding hydrogens is 366 g/mol. The third-order valence-corrected chi connectivity index (χ3v) is 5.43. The fourth-order valence-corrected chi connectivity index (χ4v) is 4.07. The molecule has 1 atom stereocenters. The predicted octanol–water partition coefficient (Wildman–Crippen LogP) is 4.03. The summed E-state index contributed by atoms with van der Waals surface area (Å²) in [5.74, 6) is -0.371. The van der Waals surface area contributed by atoms with Crippen molar-refractivity contribution in [3.05, 3.63) is 46.8 Å². The van der Waals surface area contributed by atoms with Crippen LogP contribution in [-0.4, -0.2) is 46.3 Å². The molecule has 0 unspecified atom stereocenters. The molecule has 3 rings (SSSR count). The lowest BCUT2D eigenvalue weighted by atomic mass is 9.96. The minimum absolute atomic E-state index is 0.0425. The van der Waals surface area contributed by atoms with E-state index in [0.717, 1.165) is 35.5 Å². The summed E-state index contributed by atoms with van der Waals surface area (Å²) >= 11 is 0. The molecule has 6 heteroatoms. The van der Waals surface area contributed by atoms with Crippen LogP contribution in [0.2, 0.25) is 0 Å². The Morgan fingerprint density at radius 3 is 2.69 bits per heavy atom. The number of benzene rings is 1. The minimum Gasteiger partial charge on any atom is -0.466 e. The number of hydrogen-bond acceptors (Lipinski definition) is 4. The number of ether oxygens (including phenoxy) is 1. The van der Waals surface area contributed by atoms with Crippen molar-refractivity contribution in [3.8, 4) is 5.69 Å². The van der Waals surface area contributed by atoms with Crippen molar-refractivity contribution in [2.45, 2.75) is 53.4 Å². The molecule has 0 bridgehead atoms. The summed E-state index contributed by atoms with van der Waals surface area (Å²) in [7, 11) is 0. The molecule has 6 nitrogen and oxygen atoms in total. The van der Waals surface area contributed by atoms with E-state index >= 15 is 0 Å². The van der Waals surface area contributed by atoms with Crippen molar-refractivity contribution in [1.29, 1.82) is 0 Å². The summed E-state index contributed by atoms with van der Waals surface area (Å²) in [6, 6.07) is 8.13. The van der Waals surface area contributed by atoms with E-state index in [2.05, 4.69) is 19.9 Å². The largest absolute Gasteiger partial charge is 0.466 e. The normalized spacial score (nSPS) is 16.9. The van der Waals surface area contributed by atoms with Gasteiger partial charge in [0.25, 0.3) is 5.91 Å². The van der Waals surface area contributed by atoms with Crippen LogP contribution in [0.15, 0.2) is 24.3 Å². The summed E-state index contributed by atoms with van der Waals surface area (Å²) in [4.78, 5) is 27.5. The van der Waals surface area contributed by atoms with Crippen LogP contribution in [-0.2, 0) is 9.53 Å². The Bertz CT molecular complexity index is 901. The van der Waals surface area contributed by atoms with Gasteiger partial charge in [-0.25, -0.2) is 4.68 Å². The molecule has 0 aliphatic carbocycles. The van der Waals surface area contributed by atoms with Gasteiger partial charge in [-0.05, 0) is 57.2 Å². The number of carbonyl (C=O) groups excluding carboxylic acids is 2. The fraction of sp³-hybridized carbons (Fsp3) is 0.522. The van der Waals surface area contributed by atoms with Crippen molar-refractivity contribution in [2.24, 2.45) is 5.92 Å². The van der Waals surface area contributed by atoms with Gasteiger partial charge in [0.1, 0.15) is 0 Å². The lowest BCUT2D eigenvalue weighted by molar-refractivity contribution is -0.149. The summed E-state index contributed by atoms with van der Waals surface area (Å²) < 4.78 is 7.08. The van der Waals surface area contributed by atoms with E-state index in [4.69, 9.17) is 9.84 Å². The van der Waals surface area contributed by atoms with Gasteiger partial charge in [-0.1, -0.05) is 26.0 Å². The van der Waals surface area contributed by atoms with Gasteiger partial charge in [-0.15, -0.1) is 0 Å². The topological polar surface area (TPSA) is 64.4 Å². The number of likely N-dealkylation sites (tertiary alicyclic amines) is 1. The molecule has 0 N–H and O–H groups in total. The highest BCUT2D eigenvalue weighted by Gasteiger charge is 2.33. The van der Waals surface area contributed by atoms with Gasteiger partial charge >= 0.3 is 5.97 Å². The van der Waals surface area contributed by atoms with E-state index < -0.39 is 0 Å². The summed E-state index contributed by atoms with van der Waals surface area (Å²) in [6.07, 6.45) is 1.57. The molecule has 0 spiro atoms. The molecule has 1 aromatic heterocycles. The number of nitrogens with zero attached hydrogens (tertiary/aromatic N) is 3. The number of amides is 1. The van der Waals surface area contributed by atoms with E-state index in [0.29, 0.717) is 25.3 Å². The predicted molar refractivity (Wildman–Crippen MR) is 112 cm³/mol. The van der Waals surface area contributed by atoms with Crippen LogP contribution in [0.1, 0.15) is 66.8 Å². The lowest BCUT2D eigenvalue weighted by Gasteiger charge is -2.32. The Labute approximate surface area is 172 Å². The standard InChI is InChI=1S/C23H31N3O3/c1-6-29-23(28)18-10-8-12-25(14-18)22(27)20-17(5)24-26(21(20)15(2)3)19-11-7-9-16(4)13-19/h7,9,11,13,15,18H,6,8,10,12,14H2,1-5H3/t18-/m0/s1. The van der Waals surface area contributed by atoms with Gasteiger partial charge < -0.3 is 9.64 Å². The van der Waals surface area contributed by atoms with Gasteiger partial charge in [0.15, 0.2) is 0 Å². The highest BCUT2D eigenvalue weighted by Crippen LogP contribution is 2.29. The van der Waals surface area contributed by atoms with Crippen LogP contribution in [0.4, 0.5) is 0 Å². The lowest BCUT2D eigenvalue weighted by Crippen LogP contribution is -2.43. The first-order valence-electron chi connectivity index (χ1n) is 10.5. The maximum atomic E-state index is 13.5. The quantitative estimate of drug-likeness (QED) is 0.715. The molecule has 2 aromatic rings. The highest BCUT2D eigenvalue weighted by atomic mass is 16.5. The molecule has 0 saturated carbocycles. The smallest absolute Gasteiger partial charge is 0.310 e. The number of aryl methyl sites for hydroxylation is 2. The molecule has 29 heavy (non-hydrogen) atoms. The number of hydrogen-bond donors (Lipinski definition) is 0. The summed E-state index contributed by atoms with van der Waals surface area (Å²) in [5.41, 5.74) is 4.39. The first kappa shape index (κ1) is 21.1. The zero-order chi connectivity index (χ0) is 21.1. The molecule has 1 fully saturated rings. The number of carbonyl (C=O) groups is 2. The van der Waals surface area contributed by atoms with Crippen LogP contribution in [0, 0.1) is 19.8 Å². The van der Waals surface area contributed by atoms with E-state index in [1.165, 1.54) is 0 Å². The molecule has 156 valence electrons. The molecule has 1 saturated heterocycles. The Kier molecular flexibility index (Phi) is 6.40. The number of esters is 1. The molecule has 1 amide bonds. The second-order valence-electron chi connectivity index (χ2n) is 8.09. The van der Waals surface area contributed by atoms with Crippen molar-refractivity contribution >= 4 is 11.9 Å². The average Bonchev–Trinajstić information content (AvgIpc) is 3.05. The van der Waals surface area contributed by atoms with E-state index in [1.807, 2.05) is 43.7 Å². The maximum Gasteiger partial charge on any atom is 0.310 e. The van der Waals surface area contributed by atoms with Crippen LogP contribution in [0.25, 0.3) is 5.69 Å². The Hall–Kier alpha value is -2.63. The van der Waals surface area contributed by atoms with Crippen LogP contribution in [0.3, 0.4) is 0 Å². The number of piperidine rings is 1. The first-order valence-corrected chi connectivity index (χ1v) is 10.5. The average molecular weight is 398 g/mol. The van der Waals surface area contributed by atoms with E-state index in [-0.39, 0.29) is 23.7 Å². The first-order chi connectivity index (χ1) is 13.8. The van der Waals surface area contributed by atoms with Gasteiger partial charge in [0.05, 0.1) is 35.2 Å². The van der Waals surface area contributed by atoms with Crippen LogP contribution < -0.4 is 0 Å². The van der Waals surface area contributed by atoms with Gasteiger partial charge in [0, 0.05) is 13.1 Å². The molecule has 0 radical (unpaired) electrons. The third-order valence-electron chi connectivity index (χ3n) is 5.43. The molecular formula is C23H31N3O3. The van der Waals surface area contributed by atoms with Crippen LogP contribution >= 0.6 is 0 Å².